The average Bonchev–Trinajstić information content (AvgIpc) is 2.32. The number of hydrogen-bond donors (Lipinski definition) is 1. The molecule has 5 heteroatoms. The Balaban J connectivity index is 2.69. The van der Waals surface area contributed by atoms with Gasteiger partial charge < -0.3 is 10.5 Å². The molecule has 1 aromatic rings. The fourth-order valence-electron chi connectivity index (χ4n) is 3.07. The quantitative estimate of drug-likeness (QED) is 0.828. The highest BCUT2D eigenvalue weighted by atomic mass is 79.9. The standard InChI is InChI=1S/C15H19BrFNO2/c1-14(2,3)15(20-13(18)19)8-4-5-9-10(15)6-7-11(17)12(9)16/h6-7H,4-5,8H2,1-3H3,(H2,18,19). The third kappa shape index (κ3) is 2.32. The van der Waals surface area contributed by atoms with Gasteiger partial charge in [-0.2, -0.15) is 0 Å². The Hall–Kier alpha value is -1.10. The van der Waals surface area contributed by atoms with Crippen molar-refractivity contribution in [1.29, 1.82) is 0 Å². The molecule has 0 bridgehead atoms. The minimum absolute atomic E-state index is 0.299. The Morgan fingerprint density at radius 3 is 2.65 bits per heavy atom. The number of nitrogens with two attached hydrogens (primary N) is 1. The number of amides is 1. The zero-order chi connectivity index (χ0) is 15.1. The average molecular weight is 344 g/mol. The van der Waals surface area contributed by atoms with Crippen molar-refractivity contribution in [2.45, 2.75) is 45.6 Å². The Bertz CT molecular complexity index is 554. The van der Waals surface area contributed by atoms with Gasteiger partial charge in [0.1, 0.15) is 11.4 Å². The van der Waals surface area contributed by atoms with Crippen molar-refractivity contribution in [2.24, 2.45) is 11.1 Å². The van der Waals surface area contributed by atoms with Crippen LogP contribution >= 0.6 is 15.9 Å². The van der Waals surface area contributed by atoms with Crippen LogP contribution in [-0.4, -0.2) is 6.09 Å². The molecule has 0 saturated carbocycles. The molecule has 0 radical (unpaired) electrons. The smallest absolute Gasteiger partial charge is 0.405 e. The molecule has 2 N–H and O–H groups in total. The SMILES string of the molecule is CC(C)(C)C1(OC(N)=O)CCCc2c1ccc(F)c2Br. The van der Waals surface area contributed by atoms with E-state index in [2.05, 4.69) is 15.9 Å². The van der Waals surface area contributed by atoms with Crippen molar-refractivity contribution in [3.8, 4) is 0 Å². The van der Waals surface area contributed by atoms with Gasteiger partial charge in [0.25, 0.3) is 0 Å². The Kier molecular flexibility index (Phi) is 3.84. The molecule has 0 aliphatic heterocycles. The van der Waals surface area contributed by atoms with Gasteiger partial charge in [-0.15, -0.1) is 0 Å². The maximum absolute atomic E-state index is 13.7. The molecular weight excluding hydrogens is 325 g/mol. The first-order valence-electron chi connectivity index (χ1n) is 6.65. The number of primary amides is 1. The van der Waals surface area contributed by atoms with Gasteiger partial charge in [0, 0.05) is 11.0 Å². The van der Waals surface area contributed by atoms with E-state index < -0.39 is 11.7 Å². The fraction of sp³-hybridized carbons (Fsp3) is 0.533. The zero-order valence-corrected chi connectivity index (χ0v) is 13.5. The van der Waals surface area contributed by atoms with E-state index in [0.717, 1.165) is 24.0 Å². The lowest BCUT2D eigenvalue weighted by Gasteiger charge is -2.47. The molecule has 110 valence electrons. The number of fused-ring (bicyclic) bond motifs is 1. The van der Waals surface area contributed by atoms with Crippen molar-refractivity contribution in [3.63, 3.8) is 0 Å². The van der Waals surface area contributed by atoms with Gasteiger partial charge in [0.05, 0.1) is 4.47 Å². The molecule has 20 heavy (non-hydrogen) atoms. The zero-order valence-electron chi connectivity index (χ0n) is 11.9. The van der Waals surface area contributed by atoms with Crippen LogP contribution in [0.1, 0.15) is 44.7 Å². The fourth-order valence-corrected chi connectivity index (χ4v) is 3.62. The van der Waals surface area contributed by atoms with Gasteiger partial charge >= 0.3 is 6.09 Å². The van der Waals surface area contributed by atoms with Crippen LogP contribution in [0.3, 0.4) is 0 Å². The van der Waals surface area contributed by atoms with Crippen molar-refractivity contribution >= 4 is 22.0 Å². The normalized spacial score (nSPS) is 22.2. The lowest BCUT2D eigenvalue weighted by molar-refractivity contribution is -0.0832. The highest BCUT2D eigenvalue weighted by Gasteiger charge is 2.49. The van der Waals surface area contributed by atoms with E-state index in [1.54, 1.807) is 6.07 Å². The molecule has 1 aliphatic rings. The number of benzene rings is 1. The summed E-state index contributed by atoms with van der Waals surface area (Å²) in [5, 5.41) is 0. The number of hydrogen-bond acceptors (Lipinski definition) is 2. The topological polar surface area (TPSA) is 52.3 Å². The Morgan fingerprint density at radius 1 is 1.45 bits per heavy atom. The largest absolute Gasteiger partial charge is 0.438 e. The van der Waals surface area contributed by atoms with E-state index in [9.17, 15) is 9.18 Å². The van der Waals surface area contributed by atoms with Crippen LogP contribution in [0.25, 0.3) is 0 Å². The predicted molar refractivity (Wildman–Crippen MR) is 78.8 cm³/mol. The van der Waals surface area contributed by atoms with Gasteiger partial charge in [-0.25, -0.2) is 9.18 Å². The lowest BCUT2D eigenvalue weighted by Crippen LogP contribution is -2.47. The summed E-state index contributed by atoms with van der Waals surface area (Å²) in [6.45, 7) is 6.01. The molecule has 0 aromatic heterocycles. The maximum atomic E-state index is 13.7. The first kappa shape index (κ1) is 15.3. The monoisotopic (exact) mass is 343 g/mol. The van der Waals surface area contributed by atoms with E-state index in [1.165, 1.54) is 6.07 Å². The first-order chi connectivity index (χ1) is 9.19. The van der Waals surface area contributed by atoms with E-state index in [-0.39, 0.29) is 11.2 Å². The van der Waals surface area contributed by atoms with Crippen LogP contribution in [0.5, 0.6) is 0 Å². The third-order valence-corrected chi connectivity index (χ3v) is 4.93. The van der Waals surface area contributed by atoms with Crippen molar-refractivity contribution in [3.05, 3.63) is 33.5 Å². The molecule has 0 saturated heterocycles. The highest BCUT2D eigenvalue weighted by Crippen LogP contribution is 2.51. The van der Waals surface area contributed by atoms with Crippen LogP contribution in [0.2, 0.25) is 0 Å². The molecule has 0 fully saturated rings. The van der Waals surface area contributed by atoms with Crippen LogP contribution in [-0.2, 0) is 16.8 Å². The summed E-state index contributed by atoms with van der Waals surface area (Å²) in [4.78, 5) is 11.4. The second kappa shape index (κ2) is 5.02. The van der Waals surface area contributed by atoms with E-state index in [4.69, 9.17) is 10.5 Å². The number of rotatable bonds is 1. The van der Waals surface area contributed by atoms with Crippen LogP contribution < -0.4 is 5.73 Å². The molecule has 1 aliphatic carbocycles. The second-order valence-corrected chi connectivity index (χ2v) is 7.03. The predicted octanol–water partition coefficient (Wildman–Crippen LogP) is 4.26. The molecule has 1 atom stereocenters. The maximum Gasteiger partial charge on any atom is 0.405 e. The van der Waals surface area contributed by atoms with Gasteiger partial charge in [0.15, 0.2) is 0 Å². The highest BCUT2D eigenvalue weighted by molar-refractivity contribution is 9.10. The molecule has 0 spiro atoms. The van der Waals surface area contributed by atoms with E-state index >= 15 is 0 Å². The summed E-state index contributed by atoms with van der Waals surface area (Å²) in [6, 6.07) is 3.11. The summed E-state index contributed by atoms with van der Waals surface area (Å²) in [5.74, 6) is -0.299. The Labute approximate surface area is 126 Å². The number of halogens is 2. The molecule has 3 nitrogen and oxygen atoms in total. The minimum atomic E-state index is -0.817. The second-order valence-electron chi connectivity index (χ2n) is 6.24. The molecular formula is C15H19BrFNO2. The van der Waals surface area contributed by atoms with Crippen LogP contribution in [0.15, 0.2) is 16.6 Å². The third-order valence-electron chi connectivity index (χ3n) is 4.07. The number of ether oxygens (including phenoxy) is 1. The van der Waals surface area contributed by atoms with Crippen LogP contribution in [0, 0.1) is 11.2 Å². The first-order valence-corrected chi connectivity index (χ1v) is 7.44. The van der Waals surface area contributed by atoms with Crippen molar-refractivity contribution < 1.29 is 13.9 Å². The summed E-state index contributed by atoms with van der Waals surface area (Å²) in [7, 11) is 0. The van der Waals surface area contributed by atoms with Gasteiger partial charge in [-0.1, -0.05) is 26.8 Å². The van der Waals surface area contributed by atoms with Gasteiger partial charge in [-0.05, 0) is 46.8 Å². The number of carbonyl (C=O) groups excluding carboxylic acids is 1. The molecule has 1 unspecified atom stereocenters. The summed E-state index contributed by atoms with van der Waals surface area (Å²) < 4.78 is 19.8. The molecule has 0 heterocycles. The van der Waals surface area contributed by atoms with Gasteiger partial charge in [-0.3, -0.25) is 0 Å². The Morgan fingerprint density at radius 2 is 2.10 bits per heavy atom. The van der Waals surface area contributed by atoms with Crippen molar-refractivity contribution in [1.82, 2.24) is 0 Å². The summed E-state index contributed by atoms with van der Waals surface area (Å²) >= 11 is 3.30. The molecule has 1 amide bonds. The van der Waals surface area contributed by atoms with Crippen LogP contribution in [0.4, 0.5) is 9.18 Å². The summed E-state index contributed by atoms with van der Waals surface area (Å²) in [5.41, 5.74) is 5.85. The van der Waals surface area contributed by atoms with E-state index in [0.29, 0.717) is 10.9 Å². The van der Waals surface area contributed by atoms with E-state index in [1.807, 2.05) is 20.8 Å². The molecule has 1 aromatic carbocycles. The number of carbonyl (C=O) groups is 1. The van der Waals surface area contributed by atoms with Gasteiger partial charge in [0.2, 0.25) is 0 Å². The lowest BCUT2D eigenvalue weighted by atomic mass is 9.65. The minimum Gasteiger partial charge on any atom is -0.438 e. The molecule has 2 rings (SSSR count). The summed E-state index contributed by atoms with van der Waals surface area (Å²) in [6.07, 6.45) is 1.46. The van der Waals surface area contributed by atoms with Crippen molar-refractivity contribution in [2.75, 3.05) is 0 Å².